The van der Waals surface area contributed by atoms with E-state index in [0.29, 0.717) is 12.8 Å². The number of rotatable bonds is 12. The number of hydrogen-bond donors (Lipinski definition) is 2. The number of carbonyl (C=O) groups is 3. The van der Waals surface area contributed by atoms with Gasteiger partial charge in [0.1, 0.15) is 0 Å². The van der Waals surface area contributed by atoms with Crippen LogP contribution in [0.15, 0.2) is 0 Å². The van der Waals surface area contributed by atoms with Gasteiger partial charge in [0.05, 0.1) is 24.4 Å². The highest BCUT2D eigenvalue weighted by Crippen LogP contribution is 2.13. The molecule has 0 aliphatic heterocycles. The summed E-state index contributed by atoms with van der Waals surface area (Å²) >= 11 is 0. The molecule has 0 radical (unpaired) electrons. The van der Waals surface area contributed by atoms with Crippen LogP contribution in [0.2, 0.25) is 0 Å². The summed E-state index contributed by atoms with van der Waals surface area (Å²) in [5, 5.41) is 22.2. The molecule has 0 aliphatic rings. The summed E-state index contributed by atoms with van der Waals surface area (Å²) in [5.74, 6) is 0. The van der Waals surface area contributed by atoms with Crippen LogP contribution >= 0.6 is 0 Å². The van der Waals surface area contributed by atoms with Gasteiger partial charge in [0, 0.05) is 27.1 Å². The van der Waals surface area contributed by atoms with Crippen molar-refractivity contribution in [1.82, 2.24) is 0 Å². The van der Waals surface area contributed by atoms with Crippen LogP contribution in [0, 0.1) is 0 Å². The summed E-state index contributed by atoms with van der Waals surface area (Å²) in [5.41, 5.74) is -0.854. The summed E-state index contributed by atoms with van der Waals surface area (Å²) in [4.78, 5) is 47.8. The molecule has 0 rings (SSSR count). The summed E-state index contributed by atoms with van der Waals surface area (Å²) in [6, 6.07) is 0. The number of methoxy groups -OCH3 is 2. The maximum Gasteiger partial charge on any atom is 0.553 e. The smallest absolute Gasteiger partial charge is 0.450 e. The molecule has 0 fully saturated rings. The van der Waals surface area contributed by atoms with Crippen LogP contribution in [0.3, 0.4) is 0 Å². The average molecular weight is 432 g/mol. The summed E-state index contributed by atoms with van der Waals surface area (Å²) < 4.78 is 14.3. The van der Waals surface area contributed by atoms with E-state index in [-0.39, 0.29) is 13.2 Å². The van der Waals surface area contributed by atoms with Crippen molar-refractivity contribution in [3.8, 4) is 0 Å². The van der Waals surface area contributed by atoms with Crippen molar-refractivity contribution in [2.75, 3.05) is 27.4 Å². The van der Waals surface area contributed by atoms with E-state index in [1.54, 1.807) is 14.2 Å². The van der Waals surface area contributed by atoms with Crippen molar-refractivity contribution in [2.24, 2.45) is 0 Å². The maximum absolute atomic E-state index is 11.0. The third kappa shape index (κ3) is 21.9. The van der Waals surface area contributed by atoms with Crippen molar-refractivity contribution in [1.29, 1.82) is 0 Å². The molecular formula is C15H28O14. The Balaban J connectivity index is 0. The molecule has 2 N–H and O–H groups in total. The first-order valence-electron chi connectivity index (χ1n) is 8.05. The second-order valence-electron chi connectivity index (χ2n) is 6.26. The van der Waals surface area contributed by atoms with Gasteiger partial charge in [-0.2, -0.15) is 19.4 Å². The SMILES string of the molecule is COC(C)(C)CCOOOC(=O)OC(=O)OOOCCC(C)(C)OC.O=C(O)O. The topological polar surface area (TPSA) is 175 Å². The molecule has 0 spiro atoms. The van der Waals surface area contributed by atoms with Gasteiger partial charge in [-0.1, -0.05) is 0 Å². The van der Waals surface area contributed by atoms with Crippen molar-refractivity contribution in [3.05, 3.63) is 0 Å². The molecule has 29 heavy (non-hydrogen) atoms. The Kier molecular flexibility index (Phi) is 15.7. The fourth-order valence-corrected chi connectivity index (χ4v) is 1.05. The lowest BCUT2D eigenvalue weighted by Crippen LogP contribution is -2.25. The molecule has 0 unspecified atom stereocenters. The minimum Gasteiger partial charge on any atom is -0.450 e. The second kappa shape index (κ2) is 15.7. The van der Waals surface area contributed by atoms with E-state index in [4.69, 9.17) is 24.5 Å². The second-order valence-corrected chi connectivity index (χ2v) is 6.26. The Bertz CT molecular complexity index is 436. The molecule has 14 heteroatoms. The molecule has 0 aromatic heterocycles. The average Bonchev–Trinajstić information content (AvgIpc) is 2.60. The van der Waals surface area contributed by atoms with Gasteiger partial charge in [0.2, 0.25) is 0 Å². The van der Waals surface area contributed by atoms with Crippen molar-refractivity contribution >= 4 is 18.5 Å². The first-order valence-corrected chi connectivity index (χ1v) is 8.05. The minimum atomic E-state index is -1.83. The predicted octanol–water partition coefficient (Wildman–Crippen LogP) is 2.86. The highest BCUT2D eigenvalue weighted by molar-refractivity contribution is 5.76. The number of carbonyl (C=O) groups excluding carboxylic acids is 2. The van der Waals surface area contributed by atoms with E-state index in [2.05, 4.69) is 34.4 Å². The van der Waals surface area contributed by atoms with Gasteiger partial charge in [0.15, 0.2) is 0 Å². The van der Waals surface area contributed by atoms with Crippen LogP contribution in [0.4, 0.5) is 14.4 Å². The number of carboxylic acid groups (broad SMARTS) is 2. The summed E-state index contributed by atoms with van der Waals surface area (Å²) in [6.07, 6.45) is -3.93. The zero-order valence-electron chi connectivity index (χ0n) is 17.1. The molecule has 172 valence electrons. The molecule has 0 bridgehead atoms. The number of ether oxygens (including phenoxy) is 3. The van der Waals surface area contributed by atoms with Gasteiger partial charge in [-0.3, -0.25) is 0 Å². The molecule has 14 nitrogen and oxygen atoms in total. The van der Waals surface area contributed by atoms with Crippen LogP contribution in [-0.4, -0.2) is 67.3 Å². The fourth-order valence-electron chi connectivity index (χ4n) is 1.05. The molecule has 0 aromatic rings. The Morgan fingerprint density at radius 1 is 0.724 bits per heavy atom. The predicted molar refractivity (Wildman–Crippen MR) is 90.2 cm³/mol. The normalized spacial score (nSPS) is 11.1. The van der Waals surface area contributed by atoms with Crippen LogP contribution in [0.5, 0.6) is 0 Å². The van der Waals surface area contributed by atoms with Crippen molar-refractivity contribution < 1.29 is 68.4 Å². The van der Waals surface area contributed by atoms with E-state index < -0.39 is 29.7 Å². The van der Waals surface area contributed by atoms with Gasteiger partial charge in [-0.25, -0.2) is 14.6 Å². The largest absolute Gasteiger partial charge is 0.553 e. The van der Waals surface area contributed by atoms with Crippen LogP contribution < -0.4 is 0 Å². The molecular weight excluding hydrogens is 404 g/mol. The van der Waals surface area contributed by atoms with E-state index in [1.807, 2.05) is 27.7 Å². The first-order chi connectivity index (χ1) is 13.3. The van der Waals surface area contributed by atoms with Gasteiger partial charge in [0.25, 0.3) is 0 Å². The molecule has 0 saturated heterocycles. The quantitative estimate of drug-likeness (QED) is 0.151. The summed E-state index contributed by atoms with van der Waals surface area (Å²) in [7, 11) is 3.09. The third-order valence-electron chi connectivity index (χ3n) is 3.15. The maximum atomic E-state index is 11.0. The minimum absolute atomic E-state index is 0.0767. The zero-order chi connectivity index (χ0) is 22.9. The van der Waals surface area contributed by atoms with Crippen LogP contribution in [0.1, 0.15) is 40.5 Å². The number of hydrogen-bond acceptors (Lipinski definition) is 12. The lowest BCUT2D eigenvalue weighted by Gasteiger charge is -2.21. The standard InChI is InChI=1S/C14H26O11.CH2O3/c1-13(2,17-5)7-9-19-24-22-11(15)21-12(16)23-25-20-10-8-14(3,4)18-6;2-1(3)4/h7-10H2,1-6H3;(H2,2,3,4). The van der Waals surface area contributed by atoms with Gasteiger partial charge in [-0.05, 0) is 37.8 Å². The first kappa shape index (κ1) is 29.0. The molecule has 0 aliphatic carbocycles. The third-order valence-corrected chi connectivity index (χ3v) is 3.15. The Hall–Kier alpha value is -2.23. The fraction of sp³-hybridized carbons (Fsp3) is 0.800. The monoisotopic (exact) mass is 432 g/mol. The zero-order valence-corrected chi connectivity index (χ0v) is 17.1. The van der Waals surface area contributed by atoms with Crippen molar-refractivity contribution in [3.63, 3.8) is 0 Å². The molecule has 0 aromatic carbocycles. The van der Waals surface area contributed by atoms with Gasteiger partial charge < -0.3 is 24.4 Å². The molecule has 0 amide bonds. The Morgan fingerprint density at radius 3 is 1.31 bits per heavy atom. The van der Waals surface area contributed by atoms with E-state index in [9.17, 15) is 9.59 Å². The highest BCUT2D eigenvalue weighted by Gasteiger charge is 2.19. The molecule has 0 saturated carbocycles. The van der Waals surface area contributed by atoms with Crippen molar-refractivity contribution in [2.45, 2.75) is 51.7 Å². The Labute approximate surface area is 167 Å². The van der Waals surface area contributed by atoms with Gasteiger partial charge in [-0.15, -0.1) is 0 Å². The van der Waals surface area contributed by atoms with Crippen LogP contribution in [-0.2, 0) is 43.8 Å². The summed E-state index contributed by atoms with van der Waals surface area (Å²) in [6.45, 7) is 7.49. The van der Waals surface area contributed by atoms with Gasteiger partial charge >= 0.3 is 18.5 Å². The lowest BCUT2D eigenvalue weighted by molar-refractivity contribution is -0.494. The Morgan fingerprint density at radius 2 is 1.03 bits per heavy atom. The molecule has 0 atom stereocenters. The van der Waals surface area contributed by atoms with E-state index >= 15 is 0 Å². The highest BCUT2D eigenvalue weighted by atomic mass is 17.5. The van der Waals surface area contributed by atoms with Crippen LogP contribution in [0.25, 0.3) is 0 Å². The lowest BCUT2D eigenvalue weighted by atomic mass is 10.1. The van der Waals surface area contributed by atoms with E-state index in [0.717, 1.165) is 0 Å². The molecule has 0 heterocycles. The van der Waals surface area contributed by atoms with E-state index in [1.165, 1.54) is 0 Å².